The summed E-state index contributed by atoms with van der Waals surface area (Å²) in [6.07, 6.45) is 2.63. The van der Waals surface area contributed by atoms with E-state index in [0.717, 1.165) is 24.8 Å². The Kier molecular flexibility index (Phi) is 6.87. The van der Waals surface area contributed by atoms with Crippen LogP contribution in [0.5, 0.6) is 5.75 Å². The second-order valence-electron chi connectivity index (χ2n) is 7.93. The topological polar surface area (TPSA) is 59.1 Å². The summed E-state index contributed by atoms with van der Waals surface area (Å²) in [6.45, 7) is 3.31. The Morgan fingerprint density at radius 2 is 2.16 bits per heavy atom. The fraction of sp³-hybridized carbons (Fsp3) is 0.478. The van der Waals surface area contributed by atoms with Gasteiger partial charge in [-0.25, -0.2) is 4.39 Å². The maximum atomic E-state index is 14.0. The quantitative estimate of drug-likeness (QED) is 0.654. The van der Waals surface area contributed by atoms with Gasteiger partial charge in [-0.15, -0.1) is 11.3 Å². The molecule has 4 rings (SSSR count). The first-order valence-corrected chi connectivity index (χ1v) is 11.5. The highest BCUT2D eigenvalue weighted by atomic mass is 32.1. The molecule has 3 heterocycles. The standard InChI is InChI=1S/C23H27FN2O4S/c1-16(27)25(13-17-5-4-11-29-17)14-23(28)26-10-8-22-18(9-12-31-22)20(26)15-30-21-7-3-2-6-19(21)24/h2-3,6-7,9,12,17,20H,4-5,8,10-11,13-15H2,1H3. The molecule has 2 unspecified atom stereocenters. The van der Waals surface area contributed by atoms with Gasteiger partial charge in [0.15, 0.2) is 11.6 Å². The number of rotatable bonds is 7. The van der Waals surface area contributed by atoms with Crippen molar-refractivity contribution >= 4 is 23.2 Å². The monoisotopic (exact) mass is 446 g/mol. The van der Waals surface area contributed by atoms with Gasteiger partial charge in [-0.2, -0.15) is 0 Å². The third kappa shape index (κ3) is 5.07. The normalized spacial score (nSPS) is 20.4. The van der Waals surface area contributed by atoms with Crippen molar-refractivity contribution in [2.45, 2.75) is 38.3 Å². The lowest BCUT2D eigenvalue weighted by atomic mass is 10.0. The summed E-state index contributed by atoms with van der Waals surface area (Å²) in [6, 6.07) is 7.94. The molecular weight excluding hydrogens is 419 g/mol. The van der Waals surface area contributed by atoms with Gasteiger partial charge in [0.1, 0.15) is 6.61 Å². The maximum Gasteiger partial charge on any atom is 0.242 e. The maximum absolute atomic E-state index is 14.0. The van der Waals surface area contributed by atoms with Crippen LogP contribution in [0.4, 0.5) is 4.39 Å². The summed E-state index contributed by atoms with van der Waals surface area (Å²) in [5.74, 6) is -0.537. The lowest BCUT2D eigenvalue weighted by Gasteiger charge is -2.37. The Hall–Kier alpha value is -2.45. The van der Waals surface area contributed by atoms with E-state index in [1.807, 2.05) is 11.4 Å². The third-order valence-electron chi connectivity index (χ3n) is 5.87. The van der Waals surface area contributed by atoms with Crippen LogP contribution in [0.15, 0.2) is 35.7 Å². The number of benzene rings is 1. The van der Waals surface area contributed by atoms with E-state index < -0.39 is 5.82 Å². The second kappa shape index (κ2) is 9.78. The number of hydrogen-bond donors (Lipinski definition) is 0. The third-order valence-corrected chi connectivity index (χ3v) is 6.86. The lowest BCUT2D eigenvalue weighted by Crippen LogP contribution is -2.48. The van der Waals surface area contributed by atoms with E-state index in [1.165, 1.54) is 17.9 Å². The van der Waals surface area contributed by atoms with Gasteiger partial charge >= 0.3 is 0 Å². The van der Waals surface area contributed by atoms with Gasteiger partial charge in [-0.3, -0.25) is 9.59 Å². The molecule has 0 bridgehead atoms. The fourth-order valence-electron chi connectivity index (χ4n) is 4.20. The van der Waals surface area contributed by atoms with Crippen LogP contribution >= 0.6 is 11.3 Å². The van der Waals surface area contributed by atoms with Crippen molar-refractivity contribution in [1.82, 2.24) is 9.80 Å². The van der Waals surface area contributed by atoms with Gasteiger partial charge in [0, 0.05) is 31.5 Å². The highest BCUT2D eigenvalue weighted by Gasteiger charge is 2.34. The average Bonchev–Trinajstić information content (AvgIpc) is 3.44. The van der Waals surface area contributed by atoms with E-state index in [2.05, 4.69) is 0 Å². The smallest absolute Gasteiger partial charge is 0.242 e. The molecule has 2 aliphatic rings. The Morgan fingerprint density at radius 1 is 1.32 bits per heavy atom. The van der Waals surface area contributed by atoms with Crippen LogP contribution in [0.2, 0.25) is 0 Å². The summed E-state index contributed by atoms with van der Waals surface area (Å²) in [5.41, 5.74) is 1.04. The number of fused-ring (bicyclic) bond motifs is 1. The molecule has 6 nitrogen and oxygen atoms in total. The number of carbonyl (C=O) groups excluding carboxylic acids is 2. The summed E-state index contributed by atoms with van der Waals surface area (Å²) < 4.78 is 25.5. The molecule has 1 aromatic carbocycles. The zero-order valence-corrected chi connectivity index (χ0v) is 18.4. The van der Waals surface area contributed by atoms with Gasteiger partial charge in [-0.1, -0.05) is 12.1 Å². The molecule has 2 atom stereocenters. The number of carbonyl (C=O) groups is 2. The molecule has 1 saturated heterocycles. The van der Waals surface area contributed by atoms with E-state index in [-0.39, 0.29) is 42.9 Å². The van der Waals surface area contributed by atoms with E-state index in [0.29, 0.717) is 19.7 Å². The predicted octanol–water partition coefficient (Wildman–Crippen LogP) is 3.42. The molecule has 0 radical (unpaired) electrons. The molecule has 0 aliphatic carbocycles. The minimum atomic E-state index is -0.430. The first kappa shape index (κ1) is 21.8. The highest BCUT2D eigenvalue weighted by Crippen LogP contribution is 2.34. The van der Waals surface area contributed by atoms with Gasteiger partial charge in [0.2, 0.25) is 11.8 Å². The molecule has 2 aromatic rings. The van der Waals surface area contributed by atoms with Crippen molar-refractivity contribution < 1.29 is 23.5 Å². The predicted molar refractivity (Wildman–Crippen MR) is 116 cm³/mol. The number of nitrogens with zero attached hydrogens (tertiary/aromatic N) is 2. The zero-order chi connectivity index (χ0) is 21.8. The van der Waals surface area contributed by atoms with E-state index in [9.17, 15) is 14.0 Å². The molecule has 0 saturated carbocycles. The van der Waals surface area contributed by atoms with Gasteiger partial charge in [-0.05, 0) is 48.4 Å². The van der Waals surface area contributed by atoms with Crippen LogP contribution in [-0.4, -0.2) is 60.6 Å². The highest BCUT2D eigenvalue weighted by molar-refractivity contribution is 7.10. The number of thiophene rings is 1. The number of halogens is 1. The van der Waals surface area contributed by atoms with E-state index in [1.54, 1.807) is 39.3 Å². The Morgan fingerprint density at radius 3 is 2.90 bits per heavy atom. The summed E-state index contributed by atoms with van der Waals surface area (Å²) >= 11 is 1.66. The first-order valence-electron chi connectivity index (χ1n) is 10.6. The number of hydrogen-bond acceptors (Lipinski definition) is 5. The van der Waals surface area contributed by atoms with Gasteiger partial charge in [0.25, 0.3) is 0 Å². The van der Waals surface area contributed by atoms with E-state index in [4.69, 9.17) is 9.47 Å². The Bertz CT molecular complexity index is 928. The number of ether oxygens (including phenoxy) is 2. The Balaban J connectivity index is 1.48. The molecular formula is C23H27FN2O4S. The summed E-state index contributed by atoms with van der Waals surface area (Å²) in [4.78, 5) is 30.0. The second-order valence-corrected chi connectivity index (χ2v) is 8.93. The molecule has 0 spiro atoms. The van der Waals surface area contributed by atoms with Crippen LogP contribution in [0.1, 0.15) is 36.2 Å². The summed E-state index contributed by atoms with van der Waals surface area (Å²) in [5, 5.41) is 2.01. The van der Waals surface area contributed by atoms with Crippen molar-refractivity contribution in [3.05, 3.63) is 52.0 Å². The minimum Gasteiger partial charge on any atom is -0.488 e. The molecule has 0 N–H and O–H groups in total. The minimum absolute atomic E-state index is 0.00482. The van der Waals surface area contributed by atoms with Gasteiger partial charge < -0.3 is 19.3 Å². The first-order chi connectivity index (χ1) is 15.0. The molecule has 2 aliphatic heterocycles. The van der Waals surface area contributed by atoms with Crippen LogP contribution in [-0.2, 0) is 20.7 Å². The van der Waals surface area contributed by atoms with Crippen LogP contribution < -0.4 is 4.74 Å². The van der Waals surface area contributed by atoms with Crippen LogP contribution in [0.3, 0.4) is 0 Å². The lowest BCUT2D eigenvalue weighted by molar-refractivity contribution is -0.142. The molecule has 1 aromatic heterocycles. The summed E-state index contributed by atoms with van der Waals surface area (Å²) in [7, 11) is 0. The van der Waals surface area contributed by atoms with Gasteiger partial charge in [0.05, 0.1) is 18.7 Å². The zero-order valence-electron chi connectivity index (χ0n) is 17.6. The van der Waals surface area contributed by atoms with E-state index >= 15 is 0 Å². The number of amides is 2. The SMILES string of the molecule is CC(=O)N(CC(=O)N1CCc2sccc2C1COc1ccccc1F)CC1CCCO1. The molecule has 1 fully saturated rings. The molecule has 166 valence electrons. The van der Waals surface area contributed by atoms with Crippen LogP contribution in [0, 0.1) is 5.82 Å². The fourth-order valence-corrected chi connectivity index (χ4v) is 5.13. The van der Waals surface area contributed by atoms with Crippen molar-refractivity contribution in [2.24, 2.45) is 0 Å². The average molecular weight is 447 g/mol. The molecule has 8 heteroatoms. The van der Waals surface area contributed by atoms with Crippen LogP contribution in [0.25, 0.3) is 0 Å². The molecule has 31 heavy (non-hydrogen) atoms. The van der Waals surface area contributed by atoms with Crippen molar-refractivity contribution in [3.63, 3.8) is 0 Å². The Labute approximate surface area is 185 Å². The molecule has 2 amide bonds. The number of para-hydroxylation sites is 1. The van der Waals surface area contributed by atoms with Crippen molar-refractivity contribution in [1.29, 1.82) is 0 Å². The van der Waals surface area contributed by atoms with Crippen molar-refractivity contribution in [3.8, 4) is 5.75 Å². The van der Waals surface area contributed by atoms with Crippen molar-refractivity contribution in [2.75, 3.05) is 32.8 Å². The largest absolute Gasteiger partial charge is 0.488 e.